The Hall–Kier alpha value is -1.55. The van der Waals surface area contributed by atoms with Gasteiger partial charge in [0.05, 0.1) is 11.6 Å². The molecule has 0 heterocycles. The zero-order valence-electron chi connectivity index (χ0n) is 7.17. The van der Waals surface area contributed by atoms with E-state index in [0.29, 0.717) is 0 Å². The molecule has 0 aliphatic carbocycles. The summed E-state index contributed by atoms with van der Waals surface area (Å²) in [6.07, 6.45) is 2.69. The molecule has 1 nitrogen and oxygen atoms in total. The topological polar surface area (TPSA) is 23.8 Å². The lowest BCUT2D eigenvalue weighted by atomic mass is 10.0. The Bertz CT molecular complexity index is 331. The predicted molar refractivity (Wildman–Crippen MR) is 49.8 cm³/mol. The molecule has 0 atom stereocenters. The summed E-state index contributed by atoms with van der Waals surface area (Å²) in [7, 11) is 0. The number of nitriles is 1. The molecule has 1 aromatic rings. The van der Waals surface area contributed by atoms with E-state index < -0.39 is 0 Å². The van der Waals surface area contributed by atoms with Gasteiger partial charge in [-0.2, -0.15) is 5.26 Å². The van der Waals surface area contributed by atoms with Crippen LogP contribution in [0.25, 0.3) is 0 Å². The van der Waals surface area contributed by atoms with Gasteiger partial charge in [-0.1, -0.05) is 18.2 Å². The molecule has 0 aliphatic rings. The molecule has 0 saturated carbocycles. The van der Waals surface area contributed by atoms with Crippen molar-refractivity contribution < 1.29 is 0 Å². The summed E-state index contributed by atoms with van der Waals surface area (Å²) in [4.78, 5) is 0. The average Bonchev–Trinajstić information content (AvgIpc) is 2.09. The largest absolute Gasteiger partial charge is 0.192 e. The predicted octanol–water partition coefficient (Wildman–Crippen LogP) is 2.60. The Morgan fingerprint density at radius 1 is 1.58 bits per heavy atom. The Balaban J connectivity index is 3.15. The van der Waals surface area contributed by atoms with Gasteiger partial charge in [-0.05, 0) is 30.5 Å². The maximum atomic E-state index is 8.74. The second-order valence-electron chi connectivity index (χ2n) is 2.69. The molecule has 0 radical (unpaired) electrons. The first kappa shape index (κ1) is 8.55. The summed E-state index contributed by atoms with van der Waals surface area (Å²) in [5.74, 6) is 0. The number of rotatable bonds is 2. The molecule has 0 N–H and O–H groups in total. The van der Waals surface area contributed by atoms with Gasteiger partial charge in [0.15, 0.2) is 0 Å². The van der Waals surface area contributed by atoms with E-state index in [1.807, 2.05) is 31.2 Å². The van der Waals surface area contributed by atoms with Gasteiger partial charge in [0.1, 0.15) is 0 Å². The van der Waals surface area contributed by atoms with Crippen LogP contribution in [0.15, 0.2) is 30.9 Å². The van der Waals surface area contributed by atoms with Gasteiger partial charge in [0.25, 0.3) is 0 Å². The van der Waals surface area contributed by atoms with Gasteiger partial charge in [0.2, 0.25) is 0 Å². The second kappa shape index (κ2) is 3.73. The second-order valence-corrected chi connectivity index (χ2v) is 2.69. The van der Waals surface area contributed by atoms with Crippen LogP contribution >= 0.6 is 0 Å². The van der Waals surface area contributed by atoms with E-state index in [1.165, 1.54) is 5.56 Å². The molecule has 0 saturated heterocycles. The fraction of sp³-hybridized carbons (Fsp3) is 0.182. The molecule has 0 unspecified atom stereocenters. The van der Waals surface area contributed by atoms with Gasteiger partial charge in [-0.3, -0.25) is 0 Å². The summed E-state index contributed by atoms with van der Waals surface area (Å²) in [5, 5.41) is 8.74. The van der Waals surface area contributed by atoms with E-state index in [9.17, 15) is 0 Å². The molecule has 12 heavy (non-hydrogen) atoms. The standard InChI is InChI=1S/C11H11N/c1-3-5-10-6-4-7-11(8-12)9(10)2/h3-4,6-7H,1,5H2,2H3. The summed E-state index contributed by atoms with van der Waals surface area (Å²) in [5.41, 5.74) is 3.01. The van der Waals surface area contributed by atoms with Crippen LogP contribution in [-0.2, 0) is 6.42 Å². The maximum absolute atomic E-state index is 8.74. The van der Waals surface area contributed by atoms with Gasteiger partial charge >= 0.3 is 0 Å². The lowest BCUT2D eigenvalue weighted by Crippen LogP contribution is -1.90. The van der Waals surface area contributed by atoms with Crippen molar-refractivity contribution in [2.24, 2.45) is 0 Å². The van der Waals surface area contributed by atoms with E-state index >= 15 is 0 Å². The molecule has 0 spiro atoms. The maximum Gasteiger partial charge on any atom is 0.0994 e. The average molecular weight is 157 g/mol. The molecule has 0 aliphatic heterocycles. The first-order valence-electron chi connectivity index (χ1n) is 3.89. The van der Waals surface area contributed by atoms with E-state index in [1.54, 1.807) is 0 Å². The normalized spacial score (nSPS) is 9.00. The quantitative estimate of drug-likeness (QED) is 0.605. The molecular weight excluding hydrogens is 146 g/mol. The summed E-state index contributed by atoms with van der Waals surface area (Å²) in [6, 6.07) is 7.93. The summed E-state index contributed by atoms with van der Waals surface area (Å²) in [6.45, 7) is 5.64. The number of hydrogen-bond donors (Lipinski definition) is 0. The third kappa shape index (κ3) is 1.54. The zero-order chi connectivity index (χ0) is 8.97. The molecule has 0 fully saturated rings. The van der Waals surface area contributed by atoms with Crippen LogP contribution in [-0.4, -0.2) is 0 Å². The molecule has 1 rings (SSSR count). The van der Waals surface area contributed by atoms with E-state index in [2.05, 4.69) is 12.6 Å². The van der Waals surface area contributed by atoms with Crippen molar-refractivity contribution in [1.29, 1.82) is 5.26 Å². The van der Waals surface area contributed by atoms with Crippen molar-refractivity contribution in [3.05, 3.63) is 47.5 Å². The highest BCUT2D eigenvalue weighted by Gasteiger charge is 2.00. The monoisotopic (exact) mass is 157 g/mol. The number of hydrogen-bond acceptors (Lipinski definition) is 1. The van der Waals surface area contributed by atoms with Crippen molar-refractivity contribution in [1.82, 2.24) is 0 Å². The first-order chi connectivity index (χ1) is 5.79. The Labute approximate surface area is 73.0 Å². The van der Waals surface area contributed by atoms with Crippen LogP contribution in [0.3, 0.4) is 0 Å². The molecule has 60 valence electrons. The highest BCUT2D eigenvalue weighted by Crippen LogP contribution is 2.13. The fourth-order valence-corrected chi connectivity index (χ4v) is 1.18. The van der Waals surface area contributed by atoms with Crippen molar-refractivity contribution in [3.63, 3.8) is 0 Å². The van der Waals surface area contributed by atoms with Gasteiger partial charge < -0.3 is 0 Å². The Morgan fingerprint density at radius 3 is 2.92 bits per heavy atom. The SMILES string of the molecule is C=CCc1cccc(C#N)c1C. The van der Waals surface area contributed by atoms with Crippen molar-refractivity contribution in [2.75, 3.05) is 0 Å². The molecule has 1 aromatic carbocycles. The fourth-order valence-electron chi connectivity index (χ4n) is 1.18. The van der Waals surface area contributed by atoms with Crippen LogP contribution in [0.5, 0.6) is 0 Å². The zero-order valence-corrected chi connectivity index (χ0v) is 7.17. The van der Waals surface area contributed by atoms with Crippen molar-refractivity contribution in [3.8, 4) is 6.07 Å². The van der Waals surface area contributed by atoms with Gasteiger partial charge in [0, 0.05) is 0 Å². The van der Waals surface area contributed by atoms with Gasteiger partial charge in [-0.15, -0.1) is 6.58 Å². The highest BCUT2D eigenvalue weighted by atomic mass is 14.2. The van der Waals surface area contributed by atoms with Crippen LogP contribution in [0.1, 0.15) is 16.7 Å². The lowest BCUT2D eigenvalue weighted by molar-refractivity contribution is 1.20. The Kier molecular flexibility index (Phi) is 2.66. The highest BCUT2D eigenvalue weighted by molar-refractivity contribution is 5.42. The van der Waals surface area contributed by atoms with E-state index in [4.69, 9.17) is 5.26 Å². The molecular formula is C11H11N. The third-order valence-electron chi connectivity index (χ3n) is 1.93. The number of allylic oxidation sites excluding steroid dienone is 1. The van der Waals surface area contributed by atoms with E-state index in [-0.39, 0.29) is 0 Å². The number of benzene rings is 1. The minimum Gasteiger partial charge on any atom is -0.192 e. The molecule has 0 amide bonds. The third-order valence-corrected chi connectivity index (χ3v) is 1.93. The smallest absolute Gasteiger partial charge is 0.0994 e. The minimum atomic E-state index is 0.759. The van der Waals surface area contributed by atoms with Crippen LogP contribution < -0.4 is 0 Å². The van der Waals surface area contributed by atoms with Crippen LogP contribution in [0, 0.1) is 18.3 Å². The van der Waals surface area contributed by atoms with Crippen molar-refractivity contribution in [2.45, 2.75) is 13.3 Å². The number of nitrogens with zero attached hydrogens (tertiary/aromatic N) is 1. The van der Waals surface area contributed by atoms with E-state index in [0.717, 1.165) is 17.5 Å². The molecule has 0 aromatic heterocycles. The van der Waals surface area contributed by atoms with Crippen LogP contribution in [0.4, 0.5) is 0 Å². The molecule has 0 bridgehead atoms. The minimum absolute atomic E-state index is 0.759. The first-order valence-corrected chi connectivity index (χ1v) is 3.89. The van der Waals surface area contributed by atoms with Crippen molar-refractivity contribution >= 4 is 0 Å². The van der Waals surface area contributed by atoms with Gasteiger partial charge in [-0.25, -0.2) is 0 Å². The van der Waals surface area contributed by atoms with Crippen LogP contribution in [0.2, 0.25) is 0 Å². The summed E-state index contributed by atoms with van der Waals surface area (Å²) >= 11 is 0. The Morgan fingerprint density at radius 2 is 2.33 bits per heavy atom. The summed E-state index contributed by atoms with van der Waals surface area (Å²) < 4.78 is 0. The lowest BCUT2D eigenvalue weighted by Gasteiger charge is -2.03. The molecule has 1 heteroatoms.